The topological polar surface area (TPSA) is 95.2 Å². The van der Waals surface area contributed by atoms with Crippen molar-refractivity contribution >= 4 is 34.8 Å². The van der Waals surface area contributed by atoms with Crippen molar-refractivity contribution in [2.45, 2.75) is 83.5 Å². The Morgan fingerprint density at radius 2 is 1.00 bits per heavy atom. The van der Waals surface area contributed by atoms with Crippen LogP contribution in [0.3, 0.4) is 0 Å². The third-order valence-corrected chi connectivity index (χ3v) is 11.3. The predicted molar refractivity (Wildman–Crippen MR) is 195 cm³/mol. The fourth-order valence-corrected chi connectivity index (χ4v) is 8.70. The van der Waals surface area contributed by atoms with E-state index in [-0.39, 0.29) is 16.6 Å². The summed E-state index contributed by atoms with van der Waals surface area (Å²) in [6, 6.07) is 29.9. The van der Waals surface area contributed by atoms with Gasteiger partial charge in [-0.2, -0.15) is 21.0 Å². The number of hydrogen-bond donors (Lipinski definition) is 0. The Balaban J connectivity index is 1.62. The quantitative estimate of drug-likeness (QED) is 0.100. The van der Waals surface area contributed by atoms with E-state index in [4.69, 9.17) is 0 Å². The largest absolute Gasteiger partial charge is 0.192 e. The summed E-state index contributed by atoms with van der Waals surface area (Å²) in [5, 5.41) is 37.0. The highest BCUT2D eigenvalue weighted by atomic mass is 32.1. The van der Waals surface area contributed by atoms with Crippen LogP contribution in [0.2, 0.25) is 0 Å². The molecule has 0 amide bonds. The number of fused-ring (bicyclic) bond motifs is 3. The minimum Gasteiger partial charge on any atom is -0.192 e. The number of hydrogen-bond acceptors (Lipinski definition) is 6. The van der Waals surface area contributed by atoms with E-state index >= 15 is 0 Å². The van der Waals surface area contributed by atoms with Gasteiger partial charge in [0.25, 0.3) is 0 Å². The summed E-state index contributed by atoms with van der Waals surface area (Å²) < 4.78 is 0. The van der Waals surface area contributed by atoms with E-state index in [1.54, 1.807) is 34.8 Å². The smallest absolute Gasteiger partial charge is 0.131 e. The van der Waals surface area contributed by atoms with Crippen molar-refractivity contribution in [1.82, 2.24) is 0 Å². The molecule has 0 atom stereocenters. The van der Waals surface area contributed by atoms with Gasteiger partial charge in [0, 0.05) is 24.9 Å². The summed E-state index contributed by atoms with van der Waals surface area (Å²) >= 11 is 3.22. The van der Waals surface area contributed by atoms with Crippen molar-refractivity contribution in [3.63, 3.8) is 0 Å². The Bertz CT molecular complexity index is 1800. The molecule has 2 aromatic heterocycles. The van der Waals surface area contributed by atoms with Crippen molar-refractivity contribution in [1.29, 1.82) is 21.0 Å². The molecule has 2 aromatic carbocycles. The van der Waals surface area contributed by atoms with Crippen molar-refractivity contribution in [3.05, 3.63) is 92.7 Å². The average Bonchev–Trinajstić information content (AvgIpc) is 3.84. The number of rotatable bonds is 14. The molecule has 1 aliphatic carbocycles. The lowest BCUT2D eigenvalue weighted by molar-refractivity contribution is 0.401. The van der Waals surface area contributed by atoms with Crippen LogP contribution >= 0.6 is 22.7 Å². The number of allylic oxidation sites excluding steroid dienone is 2. The van der Waals surface area contributed by atoms with E-state index in [0.717, 1.165) is 32.4 Å². The van der Waals surface area contributed by atoms with Crippen molar-refractivity contribution in [2.75, 3.05) is 0 Å². The Labute approximate surface area is 287 Å². The lowest BCUT2D eigenvalue weighted by Gasteiger charge is -2.33. The molecule has 0 fully saturated rings. The lowest BCUT2D eigenvalue weighted by Crippen LogP contribution is -2.25. The van der Waals surface area contributed by atoms with Crippen LogP contribution in [0.1, 0.15) is 98.9 Å². The van der Waals surface area contributed by atoms with Gasteiger partial charge >= 0.3 is 0 Å². The molecular formula is C41H38N4S2. The maximum absolute atomic E-state index is 9.26. The lowest BCUT2D eigenvalue weighted by atomic mass is 9.70. The van der Waals surface area contributed by atoms with Gasteiger partial charge in [-0.25, -0.2) is 0 Å². The molecule has 0 aliphatic heterocycles. The number of unbranched alkanes of at least 4 members (excludes halogenated alkanes) is 6. The standard InChI is InChI=1S/C41H38N4S2/c1-3-5-7-9-19-41(20-10-8-6-4-2)37-23-31(39-17-13-33(46-39)21-29(25-42)26-43)11-15-35(37)36-16-12-32(24-38(36)41)40-18-14-34(47-40)22-30(27-44)28-45/h11-18,21-24H,3-10,19-20H2,1-2H3. The zero-order valence-corrected chi connectivity index (χ0v) is 28.7. The van der Waals surface area contributed by atoms with Gasteiger partial charge in [0.1, 0.15) is 35.4 Å². The van der Waals surface area contributed by atoms with Gasteiger partial charge in [-0.15, -0.1) is 22.7 Å². The SMILES string of the molecule is CCCCCCC1(CCCCCC)c2cc(-c3ccc(C=C(C#N)C#N)s3)ccc2-c2ccc(-c3ccc(C=C(C#N)C#N)s3)cc21. The molecule has 4 nitrogen and oxygen atoms in total. The Kier molecular flexibility index (Phi) is 11.2. The van der Waals surface area contributed by atoms with Crippen LogP contribution in [0.5, 0.6) is 0 Å². The summed E-state index contributed by atoms with van der Waals surface area (Å²) in [6.07, 6.45) is 15.2. The number of nitriles is 4. The third kappa shape index (κ3) is 7.32. The van der Waals surface area contributed by atoms with Gasteiger partial charge in [0.05, 0.1) is 0 Å². The molecule has 0 bridgehead atoms. The van der Waals surface area contributed by atoms with E-state index in [1.807, 2.05) is 36.4 Å². The van der Waals surface area contributed by atoms with Gasteiger partial charge in [-0.1, -0.05) is 89.5 Å². The molecule has 4 aromatic rings. The van der Waals surface area contributed by atoms with Crippen LogP contribution in [0.15, 0.2) is 71.8 Å². The molecule has 5 rings (SSSR count). The first kappa shape index (κ1) is 33.6. The van der Waals surface area contributed by atoms with E-state index < -0.39 is 0 Å². The van der Waals surface area contributed by atoms with Crippen LogP contribution in [0.25, 0.3) is 44.2 Å². The first-order chi connectivity index (χ1) is 23.0. The normalized spacial score (nSPS) is 12.1. The van der Waals surface area contributed by atoms with Gasteiger partial charge in [-0.3, -0.25) is 0 Å². The minimum atomic E-state index is -0.0955. The molecule has 1 aliphatic rings. The molecule has 47 heavy (non-hydrogen) atoms. The molecule has 0 unspecified atom stereocenters. The second kappa shape index (κ2) is 15.7. The first-order valence-electron chi connectivity index (χ1n) is 16.5. The maximum atomic E-state index is 9.26. The van der Waals surface area contributed by atoms with Gasteiger partial charge in [0.15, 0.2) is 0 Å². The van der Waals surface area contributed by atoms with Crippen LogP contribution < -0.4 is 0 Å². The molecule has 0 saturated heterocycles. The van der Waals surface area contributed by atoms with E-state index in [1.165, 1.54) is 84.7 Å². The van der Waals surface area contributed by atoms with Crippen LogP contribution in [-0.4, -0.2) is 0 Å². The number of thiophene rings is 2. The summed E-state index contributed by atoms with van der Waals surface area (Å²) in [5.41, 5.74) is 7.93. The third-order valence-electron chi connectivity index (χ3n) is 9.15. The predicted octanol–water partition coefficient (Wildman–Crippen LogP) is 12.2. The molecule has 0 radical (unpaired) electrons. The van der Waals surface area contributed by atoms with Crippen molar-refractivity contribution in [3.8, 4) is 56.3 Å². The highest BCUT2D eigenvalue weighted by Crippen LogP contribution is 2.56. The molecular weight excluding hydrogens is 613 g/mol. The Hall–Kier alpha value is -4.72. The monoisotopic (exact) mass is 650 g/mol. The molecule has 0 N–H and O–H groups in total. The summed E-state index contributed by atoms with van der Waals surface area (Å²) in [7, 11) is 0. The highest BCUT2D eigenvalue weighted by molar-refractivity contribution is 7.16. The summed E-state index contributed by atoms with van der Waals surface area (Å²) in [5.74, 6) is 0. The average molecular weight is 651 g/mol. The van der Waals surface area contributed by atoms with Crippen LogP contribution in [-0.2, 0) is 5.41 Å². The van der Waals surface area contributed by atoms with E-state index in [9.17, 15) is 21.0 Å². The highest BCUT2D eigenvalue weighted by Gasteiger charge is 2.42. The van der Waals surface area contributed by atoms with Crippen LogP contribution in [0.4, 0.5) is 0 Å². The van der Waals surface area contributed by atoms with Crippen molar-refractivity contribution in [2.24, 2.45) is 0 Å². The second-order valence-electron chi connectivity index (χ2n) is 12.2. The number of nitrogens with zero attached hydrogens (tertiary/aromatic N) is 4. The number of benzene rings is 2. The Morgan fingerprint density at radius 3 is 1.38 bits per heavy atom. The fourth-order valence-electron chi connectivity index (χ4n) is 6.81. The second-order valence-corrected chi connectivity index (χ2v) is 14.4. The molecule has 0 saturated carbocycles. The van der Waals surface area contributed by atoms with Crippen molar-refractivity contribution < 1.29 is 0 Å². The minimum absolute atomic E-state index is 0.0955. The Morgan fingerprint density at radius 1 is 0.574 bits per heavy atom. The zero-order valence-electron chi connectivity index (χ0n) is 27.1. The molecule has 6 heteroatoms. The fraction of sp³-hybridized carbons (Fsp3) is 0.317. The molecule has 234 valence electrons. The summed E-state index contributed by atoms with van der Waals surface area (Å²) in [6.45, 7) is 4.53. The van der Waals surface area contributed by atoms with Crippen LogP contribution in [0, 0.1) is 45.3 Å². The maximum Gasteiger partial charge on any atom is 0.131 e. The molecule has 2 heterocycles. The van der Waals surface area contributed by atoms with Gasteiger partial charge < -0.3 is 0 Å². The first-order valence-corrected chi connectivity index (χ1v) is 18.2. The van der Waals surface area contributed by atoms with E-state index in [2.05, 4.69) is 62.4 Å². The van der Waals surface area contributed by atoms with Gasteiger partial charge in [0.2, 0.25) is 0 Å². The summed E-state index contributed by atoms with van der Waals surface area (Å²) in [4.78, 5) is 4.06. The van der Waals surface area contributed by atoms with Gasteiger partial charge in [-0.05, 0) is 94.8 Å². The molecule has 0 spiro atoms. The zero-order chi connectivity index (χ0) is 33.2. The van der Waals surface area contributed by atoms with E-state index in [0.29, 0.717) is 0 Å².